The van der Waals surface area contributed by atoms with Crippen LogP contribution >= 0.6 is 0 Å². The Hall–Kier alpha value is -2.82. The maximum absolute atomic E-state index is 13.1. The van der Waals surface area contributed by atoms with Crippen LogP contribution in [0.25, 0.3) is 22.8 Å². The van der Waals surface area contributed by atoms with Gasteiger partial charge in [-0.05, 0) is 42.8 Å². The fourth-order valence-electron chi connectivity index (χ4n) is 2.62. The van der Waals surface area contributed by atoms with Gasteiger partial charge in [0.25, 0.3) is 0 Å². The second-order valence-corrected chi connectivity index (χ2v) is 5.49. The van der Waals surface area contributed by atoms with E-state index < -0.39 is 0 Å². The summed E-state index contributed by atoms with van der Waals surface area (Å²) in [6, 6.07) is 10.2. The maximum atomic E-state index is 13.1. The van der Waals surface area contributed by atoms with E-state index >= 15 is 0 Å². The number of hydrogen-bond donors (Lipinski definition) is 0. The SMILES string of the molecule is Cc1ccc(-c2ncc3c(n2)OCC3)nc1-c1ccc(F)cc1. The molecule has 114 valence electrons. The largest absolute Gasteiger partial charge is 0.477 e. The van der Waals surface area contributed by atoms with E-state index in [9.17, 15) is 4.39 Å². The van der Waals surface area contributed by atoms with Crippen LogP contribution in [0.3, 0.4) is 0 Å². The van der Waals surface area contributed by atoms with Crippen LogP contribution in [0.5, 0.6) is 5.88 Å². The van der Waals surface area contributed by atoms with Crippen LogP contribution < -0.4 is 4.74 Å². The highest BCUT2D eigenvalue weighted by atomic mass is 19.1. The highest BCUT2D eigenvalue weighted by Gasteiger charge is 2.16. The molecular formula is C18H14FN3O. The van der Waals surface area contributed by atoms with Crippen molar-refractivity contribution >= 4 is 0 Å². The van der Waals surface area contributed by atoms with Gasteiger partial charge in [-0.15, -0.1) is 0 Å². The summed E-state index contributed by atoms with van der Waals surface area (Å²) in [6.45, 7) is 2.62. The number of halogens is 1. The lowest BCUT2D eigenvalue weighted by Gasteiger charge is -2.08. The van der Waals surface area contributed by atoms with Crippen molar-refractivity contribution in [1.82, 2.24) is 15.0 Å². The smallest absolute Gasteiger partial charge is 0.220 e. The van der Waals surface area contributed by atoms with E-state index in [1.54, 1.807) is 18.3 Å². The molecule has 0 amide bonds. The highest BCUT2D eigenvalue weighted by molar-refractivity contribution is 5.66. The molecule has 0 unspecified atom stereocenters. The second kappa shape index (κ2) is 5.43. The standard InChI is InChI=1S/C18H14FN3O/c1-11-2-7-15(17-20-10-13-8-9-23-18(13)22-17)21-16(11)12-3-5-14(19)6-4-12/h2-7,10H,8-9H2,1H3. The fraction of sp³-hybridized carbons (Fsp3) is 0.167. The Labute approximate surface area is 133 Å². The highest BCUT2D eigenvalue weighted by Crippen LogP contribution is 2.27. The van der Waals surface area contributed by atoms with E-state index in [-0.39, 0.29) is 5.82 Å². The van der Waals surface area contributed by atoms with Crippen LogP contribution in [0, 0.1) is 12.7 Å². The molecule has 3 aromatic rings. The summed E-state index contributed by atoms with van der Waals surface area (Å²) in [4.78, 5) is 13.5. The van der Waals surface area contributed by atoms with Crippen LogP contribution in [-0.2, 0) is 6.42 Å². The first-order valence-electron chi connectivity index (χ1n) is 7.43. The first-order valence-corrected chi connectivity index (χ1v) is 7.43. The van der Waals surface area contributed by atoms with Gasteiger partial charge in [-0.1, -0.05) is 6.07 Å². The zero-order chi connectivity index (χ0) is 15.8. The van der Waals surface area contributed by atoms with Gasteiger partial charge in [-0.2, -0.15) is 4.98 Å². The molecule has 4 rings (SSSR count). The lowest BCUT2D eigenvalue weighted by atomic mass is 10.1. The van der Waals surface area contributed by atoms with Gasteiger partial charge in [0.15, 0.2) is 5.82 Å². The Morgan fingerprint density at radius 1 is 1.04 bits per heavy atom. The van der Waals surface area contributed by atoms with Gasteiger partial charge in [0.1, 0.15) is 11.5 Å². The number of fused-ring (bicyclic) bond motifs is 1. The quantitative estimate of drug-likeness (QED) is 0.726. The predicted molar refractivity (Wildman–Crippen MR) is 84.6 cm³/mol. The van der Waals surface area contributed by atoms with Gasteiger partial charge in [0, 0.05) is 23.7 Å². The van der Waals surface area contributed by atoms with Gasteiger partial charge >= 0.3 is 0 Å². The van der Waals surface area contributed by atoms with Crippen molar-refractivity contribution in [3.8, 4) is 28.7 Å². The average molecular weight is 307 g/mol. The Morgan fingerprint density at radius 2 is 1.87 bits per heavy atom. The van der Waals surface area contributed by atoms with Gasteiger partial charge in [-0.25, -0.2) is 14.4 Å². The number of nitrogens with zero attached hydrogens (tertiary/aromatic N) is 3. The molecule has 0 atom stereocenters. The Morgan fingerprint density at radius 3 is 2.70 bits per heavy atom. The van der Waals surface area contributed by atoms with Gasteiger partial charge in [0.05, 0.1) is 12.3 Å². The number of aryl methyl sites for hydroxylation is 1. The average Bonchev–Trinajstić information content (AvgIpc) is 3.04. The number of aromatic nitrogens is 3. The minimum atomic E-state index is -0.262. The minimum Gasteiger partial charge on any atom is -0.477 e. The summed E-state index contributed by atoms with van der Waals surface area (Å²) >= 11 is 0. The third-order valence-electron chi connectivity index (χ3n) is 3.88. The van der Waals surface area contributed by atoms with Crippen molar-refractivity contribution < 1.29 is 9.13 Å². The molecule has 23 heavy (non-hydrogen) atoms. The third kappa shape index (κ3) is 2.54. The molecule has 0 aliphatic carbocycles. The molecule has 5 heteroatoms. The Kier molecular flexibility index (Phi) is 3.26. The molecule has 3 heterocycles. The molecule has 4 nitrogen and oxygen atoms in total. The maximum Gasteiger partial charge on any atom is 0.220 e. The molecule has 2 aromatic heterocycles. The molecule has 1 aromatic carbocycles. The van der Waals surface area contributed by atoms with Crippen molar-refractivity contribution in [3.63, 3.8) is 0 Å². The number of pyridine rings is 1. The summed E-state index contributed by atoms with van der Waals surface area (Å²) in [5.74, 6) is 0.913. The predicted octanol–water partition coefficient (Wildman–Crippen LogP) is 3.59. The minimum absolute atomic E-state index is 0.262. The summed E-state index contributed by atoms with van der Waals surface area (Å²) < 4.78 is 18.6. The zero-order valence-electron chi connectivity index (χ0n) is 12.6. The molecule has 0 saturated carbocycles. The van der Waals surface area contributed by atoms with Crippen LogP contribution in [0.1, 0.15) is 11.1 Å². The first kappa shape index (κ1) is 13.8. The lowest BCUT2D eigenvalue weighted by Crippen LogP contribution is -1.97. The molecule has 0 saturated heterocycles. The van der Waals surface area contributed by atoms with Gasteiger partial charge < -0.3 is 4.74 Å². The molecule has 0 bridgehead atoms. The van der Waals surface area contributed by atoms with Crippen molar-refractivity contribution in [2.75, 3.05) is 6.61 Å². The zero-order valence-corrected chi connectivity index (χ0v) is 12.6. The van der Waals surface area contributed by atoms with E-state index in [0.29, 0.717) is 24.0 Å². The normalized spacial score (nSPS) is 12.8. The third-order valence-corrected chi connectivity index (χ3v) is 3.88. The number of ether oxygens (including phenoxy) is 1. The van der Waals surface area contributed by atoms with Crippen molar-refractivity contribution in [1.29, 1.82) is 0 Å². The summed E-state index contributed by atoms with van der Waals surface area (Å²) in [6.07, 6.45) is 2.64. The molecule has 0 N–H and O–H groups in total. The van der Waals surface area contributed by atoms with Crippen LogP contribution in [-0.4, -0.2) is 21.6 Å². The van der Waals surface area contributed by atoms with Crippen LogP contribution in [0.4, 0.5) is 4.39 Å². The van der Waals surface area contributed by atoms with Gasteiger partial charge in [-0.3, -0.25) is 0 Å². The number of rotatable bonds is 2. The molecular weight excluding hydrogens is 293 g/mol. The van der Waals surface area contributed by atoms with Crippen molar-refractivity contribution in [3.05, 3.63) is 59.5 Å². The second-order valence-electron chi connectivity index (χ2n) is 5.49. The van der Waals surface area contributed by atoms with Gasteiger partial charge in [0.2, 0.25) is 5.88 Å². The molecule has 0 radical (unpaired) electrons. The van der Waals surface area contributed by atoms with Crippen LogP contribution in [0.15, 0.2) is 42.6 Å². The molecule has 0 fully saturated rings. The molecule has 1 aliphatic heterocycles. The summed E-state index contributed by atoms with van der Waals surface area (Å²) in [5, 5.41) is 0. The fourth-order valence-corrected chi connectivity index (χ4v) is 2.62. The topological polar surface area (TPSA) is 47.9 Å². The lowest BCUT2D eigenvalue weighted by molar-refractivity contribution is 0.345. The van der Waals surface area contributed by atoms with Crippen molar-refractivity contribution in [2.45, 2.75) is 13.3 Å². The van der Waals surface area contributed by atoms with Crippen LogP contribution in [0.2, 0.25) is 0 Å². The molecule has 0 spiro atoms. The summed E-state index contributed by atoms with van der Waals surface area (Å²) in [5.41, 5.74) is 4.38. The summed E-state index contributed by atoms with van der Waals surface area (Å²) in [7, 11) is 0. The number of hydrogen-bond acceptors (Lipinski definition) is 4. The monoisotopic (exact) mass is 307 g/mol. The Bertz CT molecular complexity index is 878. The van der Waals surface area contributed by atoms with E-state index in [2.05, 4.69) is 15.0 Å². The number of benzene rings is 1. The molecule has 1 aliphatic rings. The van der Waals surface area contributed by atoms with E-state index in [0.717, 1.165) is 28.8 Å². The Balaban J connectivity index is 1.78. The van der Waals surface area contributed by atoms with E-state index in [1.807, 2.05) is 19.1 Å². The van der Waals surface area contributed by atoms with E-state index in [4.69, 9.17) is 4.74 Å². The first-order chi connectivity index (χ1) is 11.2. The van der Waals surface area contributed by atoms with E-state index in [1.165, 1.54) is 12.1 Å². The van der Waals surface area contributed by atoms with Crippen molar-refractivity contribution in [2.24, 2.45) is 0 Å².